The van der Waals surface area contributed by atoms with Crippen LogP contribution in [0, 0.1) is 0 Å². The van der Waals surface area contributed by atoms with Gasteiger partial charge in [0.15, 0.2) is 8.07 Å². The Labute approximate surface area is 389 Å². The van der Waals surface area contributed by atoms with E-state index in [1.807, 2.05) is 0 Å². The molecule has 0 bridgehead atoms. The summed E-state index contributed by atoms with van der Waals surface area (Å²) in [5.74, 6) is 0. The van der Waals surface area contributed by atoms with E-state index in [-0.39, 0.29) is 12.1 Å². The van der Waals surface area contributed by atoms with Gasteiger partial charge in [0.25, 0.3) is 6.71 Å². The fraction of sp³-hybridized carbons (Fsp3) is 0.0645. The third-order valence-electron chi connectivity index (χ3n) is 14.7. The zero-order valence-corrected chi connectivity index (χ0v) is 38.4. The van der Waals surface area contributed by atoms with Crippen molar-refractivity contribution in [1.29, 1.82) is 0 Å². The number of anilines is 6. The molecule has 66 heavy (non-hydrogen) atoms. The molecule has 10 aromatic carbocycles. The van der Waals surface area contributed by atoms with E-state index in [4.69, 9.17) is 0 Å². The molecule has 312 valence electrons. The number of hydrogen-bond acceptors (Lipinski definition) is 2. The summed E-state index contributed by atoms with van der Waals surface area (Å²) in [4.78, 5) is 5.18. The predicted octanol–water partition coefficient (Wildman–Crippen LogP) is 11.2. The predicted molar refractivity (Wildman–Crippen MR) is 285 cm³/mol. The van der Waals surface area contributed by atoms with Crippen LogP contribution >= 0.6 is 0 Å². The smallest absolute Gasteiger partial charge is 0.252 e. The molecule has 0 aliphatic carbocycles. The van der Waals surface area contributed by atoms with Crippen molar-refractivity contribution in [2.45, 2.75) is 26.2 Å². The lowest BCUT2D eigenvalue weighted by Gasteiger charge is -2.45. The Balaban J connectivity index is 1.13. The maximum Gasteiger partial charge on any atom is 0.252 e. The number of nitrogens with zero attached hydrogens (tertiary/aromatic N) is 2. The summed E-state index contributed by atoms with van der Waals surface area (Å²) < 4.78 is 0. The lowest BCUT2D eigenvalue weighted by molar-refractivity contribution is 0.590. The van der Waals surface area contributed by atoms with Gasteiger partial charge in [0.05, 0.1) is 0 Å². The van der Waals surface area contributed by atoms with Crippen molar-refractivity contribution in [3.63, 3.8) is 0 Å². The van der Waals surface area contributed by atoms with E-state index in [9.17, 15) is 0 Å². The molecule has 0 spiro atoms. The molecule has 0 unspecified atom stereocenters. The van der Waals surface area contributed by atoms with Gasteiger partial charge in [-0.25, -0.2) is 0 Å². The molecule has 2 nitrogen and oxygen atoms in total. The Kier molecular flexibility index (Phi) is 8.63. The summed E-state index contributed by atoms with van der Waals surface area (Å²) in [6.45, 7) is 6.90. The molecule has 3 heterocycles. The van der Waals surface area contributed by atoms with E-state index in [2.05, 4.69) is 261 Å². The van der Waals surface area contributed by atoms with E-state index >= 15 is 0 Å². The molecule has 10 aromatic rings. The van der Waals surface area contributed by atoms with Crippen molar-refractivity contribution in [3.8, 4) is 22.3 Å². The standard InChI is InChI=1S/C62H47BN2Si/c1-62(2,3)45-32-34-46(35-33-45)65-57-40-44(42-19-7-4-8-20-42)39-56-60(57)63(54-38-31-43-21-13-14-26-50(43)61(54)65)53-28-16-17-29-55(53)64(56)47-36-37-52-51-27-15-18-30-58(51)66(59(52)41-47,48-22-9-5-10-23-48)49-24-11-6-12-25-49/h4-41H,1-3H3. The number of benzene rings is 10. The minimum Gasteiger partial charge on any atom is -0.311 e. The second kappa shape index (κ2) is 14.7. The molecule has 0 saturated carbocycles. The van der Waals surface area contributed by atoms with E-state index in [0.29, 0.717) is 0 Å². The normalized spacial score (nSPS) is 14.0. The number of para-hydroxylation sites is 1. The summed E-state index contributed by atoms with van der Waals surface area (Å²) in [5.41, 5.74) is 17.6. The van der Waals surface area contributed by atoms with Crippen LogP contribution in [-0.2, 0) is 5.41 Å². The molecule has 0 atom stereocenters. The third kappa shape index (κ3) is 5.61. The van der Waals surface area contributed by atoms with Crippen molar-refractivity contribution in [2.24, 2.45) is 0 Å². The Morgan fingerprint density at radius 1 is 0.409 bits per heavy atom. The van der Waals surface area contributed by atoms with Crippen LogP contribution in [0.4, 0.5) is 34.1 Å². The molecule has 0 N–H and O–H groups in total. The summed E-state index contributed by atoms with van der Waals surface area (Å²) in [6.07, 6.45) is 0. The topological polar surface area (TPSA) is 6.48 Å². The minimum atomic E-state index is -2.77. The molecule has 0 saturated heterocycles. The van der Waals surface area contributed by atoms with Crippen molar-refractivity contribution in [2.75, 3.05) is 9.80 Å². The van der Waals surface area contributed by atoms with Crippen LogP contribution in [0.25, 0.3) is 33.0 Å². The summed E-state index contributed by atoms with van der Waals surface area (Å²) >= 11 is 0. The zero-order chi connectivity index (χ0) is 44.1. The van der Waals surface area contributed by atoms with Crippen molar-refractivity contribution >= 4 is 96.8 Å². The summed E-state index contributed by atoms with van der Waals surface area (Å²) in [6, 6.07) is 87.5. The Morgan fingerprint density at radius 2 is 1.00 bits per heavy atom. The average molecular weight is 859 g/mol. The maximum absolute atomic E-state index is 2.77. The Bertz CT molecular complexity index is 3490. The molecule has 0 amide bonds. The monoisotopic (exact) mass is 858 g/mol. The molecule has 0 radical (unpaired) electrons. The molecule has 3 aliphatic heterocycles. The van der Waals surface area contributed by atoms with Crippen LogP contribution in [0.5, 0.6) is 0 Å². The van der Waals surface area contributed by atoms with Gasteiger partial charge in [-0.3, -0.25) is 0 Å². The van der Waals surface area contributed by atoms with Crippen LogP contribution in [0.1, 0.15) is 26.3 Å². The van der Waals surface area contributed by atoms with Crippen LogP contribution in [0.3, 0.4) is 0 Å². The first kappa shape index (κ1) is 38.8. The van der Waals surface area contributed by atoms with E-state index in [0.717, 1.165) is 5.69 Å². The first-order valence-electron chi connectivity index (χ1n) is 23.3. The highest BCUT2D eigenvalue weighted by Crippen LogP contribution is 2.48. The fourth-order valence-electron chi connectivity index (χ4n) is 11.7. The highest BCUT2D eigenvalue weighted by molar-refractivity contribution is 7.22. The number of hydrogen-bond donors (Lipinski definition) is 0. The van der Waals surface area contributed by atoms with Gasteiger partial charge in [0, 0.05) is 39.5 Å². The SMILES string of the molecule is CC(C)(C)c1ccc(N2c3cc(-c4ccccc4)cc4c3B(c3ccccc3N4c3ccc4c(c3)[Si](c3ccccc3)(c3ccccc3)c3ccccc3-4)c3ccc4ccccc4c32)cc1. The van der Waals surface area contributed by atoms with Crippen molar-refractivity contribution < 1.29 is 0 Å². The first-order valence-corrected chi connectivity index (χ1v) is 25.3. The molecular formula is C62H47BN2Si. The molecular weight excluding hydrogens is 812 g/mol. The van der Waals surface area contributed by atoms with Crippen LogP contribution in [-0.4, -0.2) is 14.8 Å². The van der Waals surface area contributed by atoms with Crippen molar-refractivity contribution in [3.05, 3.63) is 236 Å². The summed E-state index contributed by atoms with van der Waals surface area (Å²) in [5, 5.41) is 8.19. The number of rotatable bonds is 5. The Hall–Kier alpha value is -7.66. The number of fused-ring (bicyclic) bond motifs is 9. The lowest BCUT2D eigenvalue weighted by atomic mass is 9.33. The molecule has 3 aliphatic rings. The third-order valence-corrected chi connectivity index (χ3v) is 19.5. The average Bonchev–Trinajstić information content (AvgIpc) is 3.67. The van der Waals surface area contributed by atoms with Crippen molar-refractivity contribution in [1.82, 2.24) is 0 Å². The van der Waals surface area contributed by atoms with Crippen LogP contribution in [0.15, 0.2) is 231 Å². The van der Waals surface area contributed by atoms with Crippen LogP contribution in [0.2, 0.25) is 0 Å². The van der Waals surface area contributed by atoms with Gasteiger partial charge in [0.1, 0.15) is 0 Å². The van der Waals surface area contributed by atoms with Gasteiger partial charge >= 0.3 is 0 Å². The Morgan fingerprint density at radius 3 is 1.73 bits per heavy atom. The first-order chi connectivity index (χ1) is 32.4. The zero-order valence-electron chi connectivity index (χ0n) is 37.4. The van der Waals surface area contributed by atoms with Gasteiger partial charge in [0.2, 0.25) is 0 Å². The molecule has 4 heteroatoms. The second-order valence-electron chi connectivity index (χ2n) is 19.2. The van der Waals surface area contributed by atoms with Gasteiger partial charge in [-0.1, -0.05) is 209 Å². The molecule has 0 fully saturated rings. The second-order valence-corrected chi connectivity index (χ2v) is 23.0. The maximum atomic E-state index is 2.60. The van der Waals surface area contributed by atoms with E-state index in [1.54, 1.807) is 0 Å². The van der Waals surface area contributed by atoms with Gasteiger partial charge in [-0.2, -0.15) is 0 Å². The van der Waals surface area contributed by atoms with Gasteiger partial charge in [-0.05, 0) is 118 Å². The van der Waals surface area contributed by atoms with Gasteiger partial charge < -0.3 is 9.80 Å². The quantitative estimate of drug-likeness (QED) is 0.159. The highest BCUT2D eigenvalue weighted by Gasteiger charge is 2.50. The minimum absolute atomic E-state index is 0.0118. The largest absolute Gasteiger partial charge is 0.311 e. The highest BCUT2D eigenvalue weighted by atomic mass is 28.3. The summed E-state index contributed by atoms with van der Waals surface area (Å²) in [7, 11) is -2.77. The van der Waals surface area contributed by atoms with E-state index in [1.165, 1.54) is 104 Å². The van der Waals surface area contributed by atoms with E-state index < -0.39 is 8.07 Å². The van der Waals surface area contributed by atoms with Crippen LogP contribution < -0.4 is 46.9 Å². The molecule has 0 aromatic heterocycles. The fourth-order valence-corrected chi connectivity index (χ4v) is 16.9. The molecule has 13 rings (SSSR count). The lowest BCUT2D eigenvalue weighted by Crippen LogP contribution is -2.72. The van der Waals surface area contributed by atoms with Gasteiger partial charge in [-0.15, -0.1) is 0 Å².